The van der Waals surface area contributed by atoms with Gasteiger partial charge in [-0.2, -0.15) is 0 Å². The van der Waals surface area contributed by atoms with Crippen LogP contribution in [0.1, 0.15) is 59.8 Å². The van der Waals surface area contributed by atoms with E-state index in [4.69, 9.17) is 9.47 Å². The number of allylic oxidation sites excluding steroid dienone is 1. The van der Waals surface area contributed by atoms with Crippen LogP contribution in [0.3, 0.4) is 0 Å². The maximum atomic E-state index is 11.9. The highest BCUT2D eigenvalue weighted by molar-refractivity contribution is 5.70. The van der Waals surface area contributed by atoms with E-state index >= 15 is 0 Å². The van der Waals surface area contributed by atoms with Gasteiger partial charge >= 0.3 is 5.97 Å². The molecule has 0 N–H and O–H groups in total. The van der Waals surface area contributed by atoms with Crippen molar-refractivity contribution in [3.05, 3.63) is 12.2 Å². The maximum Gasteiger partial charge on any atom is 0.332 e. The standard InChI is InChI=1S/C18H32O3/c1-5-6-7-8-11-20-13-18(19)21-17-12-15(4)9-10-16(17)14(2)3/h7-8,14-17H,5-6,9-13H2,1-4H3/b8-7-/t15-,16+,17-/m1/s1. The van der Waals surface area contributed by atoms with Crippen molar-refractivity contribution in [1.29, 1.82) is 0 Å². The molecule has 1 rings (SSSR count). The molecule has 0 aliphatic heterocycles. The summed E-state index contributed by atoms with van der Waals surface area (Å²) in [5, 5.41) is 0. The number of rotatable bonds is 8. The molecule has 0 aromatic heterocycles. The molecule has 1 saturated carbocycles. The number of hydrogen-bond donors (Lipinski definition) is 0. The van der Waals surface area contributed by atoms with Crippen LogP contribution in [0.25, 0.3) is 0 Å². The molecular weight excluding hydrogens is 264 g/mol. The lowest BCUT2D eigenvalue weighted by Crippen LogP contribution is -2.36. The van der Waals surface area contributed by atoms with E-state index in [1.807, 2.05) is 6.08 Å². The van der Waals surface area contributed by atoms with Crippen molar-refractivity contribution >= 4 is 5.97 Å². The van der Waals surface area contributed by atoms with Gasteiger partial charge in [-0.05, 0) is 37.0 Å². The Labute approximate surface area is 130 Å². The van der Waals surface area contributed by atoms with Gasteiger partial charge in [0, 0.05) is 0 Å². The number of carbonyl (C=O) groups is 1. The van der Waals surface area contributed by atoms with E-state index in [-0.39, 0.29) is 18.7 Å². The van der Waals surface area contributed by atoms with Gasteiger partial charge in [0.25, 0.3) is 0 Å². The Morgan fingerprint density at radius 1 is 1.29 bits per heavy atom. The van der Waals surface area contributed by atoms with E-state index in [2.05, 4.69) is 33.8 Å². The van der Waals surface area contributed by atoms with Gasteiger partial charge < -0.3 is 9.47 Å². The summed E-state index contributed by atoms with van der Waals surface area (Å²) in [6, 6.07) is 0. The quantitative estimate of drug-likeness (QED) is 0.379. The number of ether oxygens (including phenoxy) is 2. The second kappa shape index (κ2) is 9.99. The van der Waals surface area contributed by atoms with Gasteiger partial charge in [0.1, 0.15) is 12.7 Å². The molecular formula is C18H32O3. The highest BCUT2D eigenvalue weighted by atomic mass is 16.6. The summed E-state index contributed by atoms with van der Waals surface area (Å²) in [6.45, 7) is 9.37. The highest BCUT2D eigenvalue weighted by Gasteiger charge is 2.33. The Bertz CT molecular complexity index is 322. The van der Waals surface area contributed by atoms with Crippen molar-refractivity contribution in [3.8, 4) is 0 Å². The largest absolute Gasteiger partial charge is 0.460 e. The lowest BCUT2D eigenvalue weighted by Gasteiger charge is -2.36. The van der Waals surface area contributed by atoms with E-state index in [0.717, 1.165) is 25.7 Å². The Morgan fingerprint density at radius 3 is 2.71 bits per heavy atom. The first-order valence-corrected chi connectivity index (χ1v) is 8.46. The third-order valence-electron chi connectivity index (χ3n) is 4.30. The normalized spacial score (nSPS) is 26.4. The fourth-order valence-corrected chi connectivity index (χ4v) is 3.02. The number of hydrogen-bond acceptors (Lipinski definition) is 3. The van der Waals surface area contributed by atoms with E-state index < -0.39 is 0 Å². The van der Waals surface area contributed by atoms with Crippen LogP contribution in [-0.4, -0.2) is 25.3 Å². The van der Waals surface area contributed by atoms with Crippen LogP contribution in [0, 0.1) is 17.8 Å². The zero-order valence-electron chi connectivity index (χ0n) is 14.1. The SMILES string of the molecule is CCC/C=C\COCC(=O)O[C@@H]1C[C@H](C)CC[C@H]1C(C)C. The van der Waals surface area contributed by atoms with Crippen molar-refractivity contribution in [3.63, 3.8) is 0 Å². The molecule has 0 bridgehead atoms. The molecule has 0 amide bonds. The zero-order valence-corrected chi connectivity index (χ0v) is 14.1. The molecule has 3 nitrogen and oxygen atoms in total. The smallest absolute Gasteiger partial charge is 0.332 e. The first-order valence-electron chi connectivity index (χ1n) is 8.46. The molecule has 0 spiro atoms. The van der Waals surface area contributed by atoms with Crippen LogP contribution < -0.4 is 0 Å². The van der Waals surface area contributed by atoms with Gasteiger partial charge in [0.05, 0.1) is 6.61 Å². The molecule has 122 valence electrons. The van der Waals surface area contributed by atoms with E-state index in [1.165, 1.54) is 6.42 Å². The van der Waals surface area contributed by atoms with Gasteiger partial charge in [0.2, 0.25) is 0 Å². The van der Waals surface area contributed by atoms with Gasteiger partial charge in [-0.3, -0.25) is 0 Å². The Balaban J connectivity index is 2.30. The lowest BCUT2D eigenvalue weighted by molar-refractivity contribution is -0.160. The van der Waals surface area contributed by atoms with Crippen molar-refractivity contribution in [2.45, 2.75) is 65.9 Å². The second-order valence-corrected chi connectivity index (χ2v) is 6.63. The third kappa shape index (κ3) is 7.12. The van der Waals surface area contributed by atoms with E-state index in [0.29, 0.717) is 24.4 Å². The summed E-state index contributed by atoms with van der Waals surface area (Å²) in [6.07, 6.45) is 9.72. The molecule has 1 aliphatic carbocycles. The maximum absolute atomic E-state index is 11.9. The molecule has 0 unspecified atom stereocenters. The van der Waals surface area contributed by atoms with Gasteiger partial charge in [-0.15, -0.1) is 0 Å². The minimum Gasteiger partial charge on any atom is -0.460 e. The van der Waals surface area contributed by atoms with Crippen LogP contribution in [0.5, 0.6) is 0 Å². The van der Waals surface area contributed by atoms with E-state index in [1.54, 1.807) is 0 Å². The van der Waals surface area contributed by atoms with E-state index in [9.17, 15) is 4.79 Å². The second-order valence-electron chi connectivity index (χ2n) is 6.63. The molecule has 0 saturated heterocycles. The average Bonchev–Trinajstić information content (AvgIpc) is 2.42. The fraction of sp³-hybridized carbons (Fsp3) is 0.833. The fourth-order valence-electron chi connectivity index (χ4n) is 3.02. The lowest BCUT2D eigenvalue weighted by atomic mass is 9.75. The van der Waals surface area contributed by atoms with Crippen LogP contribution in [0.2, 0.25) is 0 Å². The first-order chi connectivity index (χ1) is 10.0. The molecule has 0 aromatic carbocycles. The van der Waals surface area contributed by atoms with Crippen molar-refractivity contribution < 1.29 is 14.3 Å². The first kappa shape index (κ1) is 18.2. The molecule has 21 heavy (non-hydrogen) atoms. The van der Waals surface area contributed by atoms with Gasteiger partial charge in [0.15, 0.2) is 0 Å². The molecule has 3 atom stereocenters. The summed E-state index contributed by atoms with van der Waals surface area (Å²) in [4.78, 5) is 11.9. The Morgan fingerprint density at radius 2 is 2.05 bits per heavy atom. The Hall–Kier alpha value is -0.830. The van der Waals surface area contributed by atoms with Gasteiger partial charge in [-0.1, -0.05) is 52.7 Å². The van der Waals surface area contributed by atoms with Crippen LogP contribution in [-0.2, 0) is 14.3 Å². The number of carbonyl (C=O) groups excluding carboxylic acids is 1. The number of unbranched alkanes of at least 4 members (excludes halogenated alkanes) is 1. The molecule has 0 radical (unpaired) electrons. The molecule has 1 aliphatic rings. The molecule has 1 fully saturated rings. The predicted molar refractivity (Wildman–Crippen MR) is 86.1 cm³/mol. The minimum absolute atomic E-state index is 0.0617. The monoisotopic (exact) mass is 296 g/mol. The Kier molecular flexibility index (Phi) is 8.67. The molecule has 3 heteroatoms. The topological polar surface area (TPSA) is 35.5 Å². The number of esters is 1. The van der Waals surface area contributed by atoms with Crippen molar-refractivity contribution in [1.82, 2.24) is 0 Å². The summed E-state index contributed by atoms with van der Waals surface area (Å²) in [7, 11) is 0. The molecule has 0 aromatic rings. The third-order valence-corrected chi connectivity index (χ3v) is 4.30. The van der Waals surface area contributed by atoms with Gasteiger partial charge in [-0.25, -0.2) is 4.79 Å². The van der Waals surface area contributed by atoms with Crippen molar-refractivity contribution in [2.24, 2.45) is 17.8 Å². The predicted octanol–water partition coefficient (Wildman–Crippen LogP) is 4.36. The van der Waals surface area contributed by atoms with Crippen LogP contribution in [0.15, 0.2) is 12.2 Å². The minimum atomic E-state index is -0.219. The van der Waals surface area contributed by atoms with Crippen LogP contribution in [0.4, 0.5) is 0 Å². The van der Waals surface area contributed by atoms with Crippen LogP contribution >= 0.6 is 0 Å². The summed E-state index contributed by atoms with van der Waals surface area (Å²) in [5.41, 5.74) is 0. The summed E-state index contributed by atoms with van der Waals surface area (Å²) in [5.74, 6) is 1.49. The highest BCUT2D eigenvalue weighted by Crippen LogP contribution is 2.35. The molecule has 0 heterocycles. The van der Waals surface area contributed by atoms with Crippen molar-refractivity contribution in [2.75, 3.05) is 13.2 Å². The summed E-state index contributed by atoms with van der Waals surface area (Å²) >= 11 is 0. The summed E-state index contributed by atoms with van der Waals surface area (Å²) < 4.78 is 11.0. The zero-order chi connectivity index (χ0) is 15.7. The average molecular weight is 296 g/mol.